The summed E-state index contributed by atoms with van der Waals surface area (Å²) in [6.45, 7) is 3.76. The van der Waals surface area contributed by atoms with E-state index in [-0.39, 0.29) is 17.6 Å². The number of ketones is 1. The summed E-state index contributed by atoms with van der Waals surface area (Å²) >= 11 is 0. The van der Waals surface area contributed by atoms with E-state index in [9.17, 15) is 14.7 Å². The number of carbonyl (C=O) groups is 2. The van der Waals surface area contributed by atoms with Crippen molar-refractivity contribution in [3.63, 3.8) is 0 Å². The van der Waals surface area contributed by atoms with Crippen molar-refractivity contribution in [2.45, 2.75) is 31.8 Å². The average Bonchev–Trinajstić information content (AvgIpc) is 3.06. The van der Waals surface area contributed by atoms with Crippen LogP contribution in [0.4, 0.5) is 0 Å². The summed E-state index contributed by atoms with van der Waals surface area (Å²) in [5.74, 6) is -3.69. The van der Waals surface area contributed by atoms with Gasteiger partial charge in [0.25, 0.3) is 0 Å². The molecule has 0 radical (unpaired) electrons. The minimum atomic E-state index is -1.60. The molecule has 25 heavy (non-hydrogen) atoms. The smallest absolute Gasteiger partial charge is 0.334 e. The molecule has 1 aliphatic heterocycles. The number of fused-ring (bicyclic) bond motifs is 1. The molecule has 0 spiro atoms. The van der Waals surface area contributed by atoms with Gasteiger partial charge in [-0.05, 0) is 12.0 Å². The quantitative estimate of drug-likeness (QED) is 0.578. The van der Waals surface area contributed by atoms with E-state index in [0.717, 1.165) is 0 Å². The van der Waals surface area contributed by atoms with Crippen LogP contribution >= 0.6 is 0 Å². The summed E-state index contributed by atoms with van der Waals surface area (Å²) in [7, 11) is 4.03. The third kappa shape index (κ3) is 2.37. The Hall–Kier alpha value is -1.70. The number of allylic oxidation sites excluding steroid dienone is 1. The second-order valence-corrected chi connectivity index (χ2v) is 6.97. The highest BCUT2D eigenvalue weighted by Crippen LogP contribution is 2.54. The number of hydrogen-bond donors (Lipinski definition) is 1. The maximum absolute atomic E-state index is 13.0. The van der Waals surface area contributed by atoms with Crippen molar-refractivity contribution in [2.75, 3.05) is 21.3 Å². The lowest BCUT2D eigenvalue weighted by molar-refractivity contribution is -0.257. The molecule has 0 saturated heterocycles. The first kappa shape index (κ1) is 18.1. The largest absolute Gasteiger partial charge is 0.491 e. The predicted molar refractivity (Wildman–Crippen MR) is 86.1 cm³/mol. The minimum Gasteiger partial charge on any atom is -0.491 e. The van der Waals surface area contributed by atoms with Crippen LogP contribution in [0.1, 0.15) is 13.8 Å². The van der Waals surface area contributed by atoms with Crippen LogP contribution < -0.4 is 0 Å². The Labute approximate surface area is 146 Å². The van der Waals surface area contributed by atoms with Crippen molar-refractivity contribution in [3.05, 3.63) is 23.5 Å². The van der Waals surface area contributed by atoms with E-state index in [4.69, 9.17) is 18.9 Å². The maximum Gasteiger partial charge on any atom is 0.334 e. The molecule has 3 aliphatic carbocycles. The molecule has 5 atom stereocenters. The molecular formula is C18H24O7. The molecule has 138 valence electrons. The zero-order valence-corrected chi connectivity index (χ0v) is 15.0. The topological polar surface area (TPSA) is 91.3 Å². The summed E-state index contributed by atoms with van der Waals surface area (Å²) in [5, 5.41) is 10.3. The van der Waals surface area contributed by atoms with Crippen molar-refractivity contribution >= 4 is 11.8 Å². The van der Waals surface area contributed by atoms with E-state index in [1.807, 2.05) is 13.8 Å². The summed E-state index contributed by atoms with van der Waals surface area (Å²) < 4.78 is 21.8. The number of esters is 1. The molecule has 1 fully saturated rings. The molecular weight excluding hydrogens is 328 g/mol. The van der Waals surface area contributed by atoms with E-state index in [0.29, 0.717) is 11.3 Å². The van der Waals surface area contributed by atoms with Crippen LogP contribution in [0.15, 0.2) is 23.5 Å². The van der Waals surface area contributed by atoms with Gasteiger partial charge in [-0.3, -0.25) is 4.79 Å². The van der Waals surface area contributed by atoms with Crippen LogP contribution in [0.2, 0.25) is 0 Å². The van der Waals surface area contributed by atoms with Crippen LogP contribution in [0.25, 0.3) is 0 Å². The number of ether oxygens (including phenoxy) is 4. The van der Waals surface area contributed by atoms with Gasteiger partial charge in [-0.1, -0.05) is 19.9 Å². The van der Waals surface area contributed by atoms with Gasteiger partial charge in [-0.2, -0.15) is 0 Å². The zero-order chi connectivity index (χ0) is 18.5. The molecule has 2 bridgehead atoms. The number of carbonyl (C=O) groups excluding carboxylic acids is 2. The Morgan fingerprint density at radius 1 is 1.24 bits per heavy atom. The van der Waals surface area contributed by atoms with Crippen molar-refractivity contribution in [1.82, 2.24) is 0 Å². The van der Waals surface area contributed by atoms with Crippen LogP contribution in [0.5, 0.6) is 0 Å². The van der Waals surface area contributed by atoms with Gasteiger partial charge in [0.2, 0.25) is 5.79 Å². The summed E-state index contributed by atoms with van der Waals surface area (Å²) in [4.78, 5) is 25.2. The highest BCUT2D eigenvalue weighted by Gasteiger charge is 2.67. The number of aliphatic hydroxyl groups excluding tert-OH is 1. The van der Waals surface area contributed by atoms with Gasteiger partial charge in [0.1, 0.15) is 18.0 Å². The number of rotatable bonds is 5. The van der Waals surface area contributed by atoms with Gasteiger partial charge in [0.15, 0.2) is 5.78 Å². The van der Waals surface area contributed by atoms with Gasteiger partial charge in [0, 0.05) is 25.7 Å². The Morgan fingerprint density at radius 3 is 2.40 bits per heavy atom. The van der Waals surface area contributed by atoms with Gasteiger partial charge < -0.3 is 24.1 Å². The molecule has 7 heteroatoms. The molecule has 0 aromatic heterocycles. The molecule has 0 unspecified atom stereocenters. The van der Waals surface area contributed by atoms with E-state index >= 15 is 0 Å². The fourth-order valence-corrected chi connectivity index (χ4v) is 4.15. The van der Waals surface area contributed by atoms with Gasteiger partial charge in [-0.15, -0.1) is 0 Å². The average molecular weight is 352 g/mol. The first-order chi connectivity index (χ1) is 11.8. The van der Waals surface area contributed by atoms with Crippen molar-refractivity contribution in [2.24, 2.45) is 23.7 Å². The molecule has 0 aromatic rings. The first-order valence-electron chi connectivity index (χ1n) is 8.33. The van der Waals surface area contributed by atoms with Gasteiger partial charge >= 0.3 is 5.97 Å². The van der Waals surface area contributed by atoms with Crippen molar-refractivity contribution in [1.29, 1.82) is 0 Å². The summed E-state index contributed by atoms with van der Waals surface area (Å²) in [6, 6.07) is 0. The lowest BCUT2D eigenvalue weighted by Gasteiger charge is -2.51. The second kappa shape index (κ2) is 6.23. The Kier molecular flexibility index (Phi) is 4.51. The molecule has 1 heterocycles. The molecule has 0 amide bonds. The highest BCUT2D eigenvalue weighted by molar-refractivity contribution is 6.00. The van der Waals surface area contributed by atoms with Crippen LogP contribution in [-0.4, -0.2) is 56.2 Å². The molecule has 1 N–H and O–H groups in total. The third-order valence-electron chi connectivity index (χ3n) is 5.45. The third-order valence-corrected chi connectivity index (χ3v) is 5.45. The standard InChI is InChI=1S/C18H24O7/c1-8(2)14(19)12-7-9-10-6-11(17(21)22-3)13(15(9)25-12)18(23-4,24-5)16(10)20/h6-10,13-15,19H,1-5H3/t9-,10+,13-,14-,15-/m0/s1. The fraction of sp³-hybridized carbons (Fsp3) is 0.667. The Bertz CT molecular complexity index is 644. The van der Waals surface area contributed by atoms with E-state index in [2.05, 4.69) is 0 Å². The lowest BCUT2D eigenvalue weighted by Crippen LogP contribution is -2.66. The zero-order valence-electron chi connectivity index (χ0n) is 15.0. The summed E-state index contributed by atoms with van der Waals surface area (Å²) in [5.41, 5.74) is 0.311. The van der Waals surface area contributed by atoms with Crippen molar-refractivity contribution in [3.8, 4) is 0 Å². The summed E-state index contributed by atoms with van der Waals surface area (Å²) in [6.07, 6.45) is 2.11. The normalized spacial score (nSPS) is 33.5. The number of methoxy groups -OCH3 is 3. The molecule has 4 rings (SSSR count). The van der Waals surface area contributed by atoms with E-state index in [1.54, 1.807) is 12.2 Å². The van der Waals surface area contributed by atoms with Gasteiger partial charge in [0.05, 0.1) is 18.9 Å². The monoisotopic (exact) mass is 352 g/mol. The number of aliphatic hydroxyl groups is 1. The molecule has 1 saturated carbocycles. The van der Waals surface area contributed by atoms with Gasteiger partial charge in [-0.25, -0.2) is 4.79 Å². The SMILES string of the molecule is COC(=O)C1=C[C@H]2C(=O)C(OC)(OC)[C@@H]1[C@H]1OC([C@@H](O)C(C)C)=C[C@H]12. The van der Waals surface area contributed by atoms with E-state index in [1.165, 1.54) is 21.3 Å². The fourth-order valence-electron chi connectivity index (χ4n) is 4.15. The second-order valence-electron chi connectivity index (χ2n) is 6.97. The Balaban J connectivity index is 2.06. The highest BCUT2D eigenvalue weighted by atomic mass is 16.7. The Morgan fingerprint density at radius 2 is 1.88 bits per heavy atom. The van der Waals surface area contributed by atoms with Crippen LogP contribution in [0, 0.1) is 23.7 Å². The molecule has 0 aromatic carbocycles. The molecule has 4 aliphatic rings. The van der Waals surface area contributed by atoms with Crippen LogP contribution in [-0.2, 0) is 28.5 Å². The van der Waals surface area contributed by atoms with Crippen LogP contribution in [0.3, 0.4) is 0 Å². The maximum atomic E-state index is 13.0. The first-order valence-corrected chi connectivity index (χ1v) is 8.33. The molecule has 7 nitrogen and oxygen atoms in total. The minimum absolute atomic E-state index is 0.0394. The lowest BCUT2D eigenvalue weighted by atomic mass is 9.60. The number of Topliss-reactive ketones (excluding diaryl/α,β-unsaturated/α-hetero) is 1. The number of hydrogen-bond acceptors (Lipinski definition) is 7. The van der Waals surface area contributed by atoms with Crippen molar-refractivity contribution < 1.29 is 33.6 Å². The van der Waals surface area contributed by atoms with E-state index < -0.39 is 35.8 Å². The predicted octanol–water partition coefficient (Wildman–Crippen LogP) is 0.819.